The lowest BCUT2D eigenvalue weighted by molar-refractivity contribution is -0.138. The van der Waals surface area contributed by atoms with Gasteiger partial charge >= 0.3 is 12.1 Å². The maximum Gasteiger partial charge on any atom is 0.416 e. The second-order valence-corrected chi connectivity index (χ2v) is 9.12. The van der Waals surface area contributed by atoms with E-state index in [9.17, 15) is 18.0 Å². The van der Waals surface area contributed by atoms with Gasteiger partial charge in [0, 0.05) is 23.8 Å². The lowest BCUT2D eigenvalue weighted by Gasteiger charge is -2.12. The number of carbonyl (C=O) groups is 1. The molecular weight excluding hydrogens is 451 g/mol. The highest BCUT2D eigenvalue weighted by Crippen LogP contribution is 2.42. The van der Waals surface area contributed by atoms with Crippen LogP contribution >= 0.6 is 11.3 Å². The molecule has 33 heavy (non-hydrogen) atoms. The number of benzene rings is 2. The summed E-state index contributed by atoms with van der Waals surface area (Å²) in [6, 6.07) is 11.0. The molecule has 4 rings (SSSR count). The molecule has 1 fully saturated rings. The van der Waals surface area contributed by atoms with Crippen molar-refractivity contribution in [2.45, 2.75) is 50.6 Å². The van der Waals surface area contributed by atoms with Gasteiger partial charge in [0.1, 0.15) is 5.75 Å². The third-order valence-corrected chi connectivity index (χ3v) is 6.51. The molecule has 0 bridgehead atoms. The van der Waals surface area contributed by atoms with Gasteiger partial charge in [-0.05, 0) is 67.0 Å². The number of alkyl halides is 3. The van der Waals surface area contributed by atoms with Crippen LogP contribution in [-0.4, -0.2) is 22.7 Å². The van der Waals surface area contributed by atoms with E-state index >= 15 is 0 Å². The van der Waals surface area contributed by atoms with Crippen LogP contribution in [0.2, 0.25) is 0 Å². The van der Waals surface area contributed by atoms with Crippen molar-refractivity contribution in [3.8, 4) is 17.0 Å². The molecule has 8 heteroatoms. The van der Waals surface area contributed by atoms with E-state index in [1.165, 1.54) is 29.0 Å². The Hall–Kier alpha value is -2.87. The topological polar surface area (TPSA) is 59.4 Å². The van der Waals surface area contributed by atoms with Crippen molar-refractivity contribution >= 4 is 17.3 Å². The van der Waals surface area contributed by atoms with Crippen molar-refractivity contribution in [1.82, 2.24) is 4.98 Å². The van der Waals surface area contributed by atoms with Crippen molar-refractivity contribution in [3.05, 3.63) is 69.5 Å². The van der Waals surface area contributed by atoms with Gasteiger partial charge in [0.15, 0.2) is 0 Å². The predicted molar refractivity (Wildman–Crippen MR) is 121 cm³/mol. The Morgan fingerprint density at radius 1 is 1.12 bits per heavy atom. The Morgan fingerprint density at radius 2 is 1.88 bits per heavy atom. The van der Waals surface area contributed by atoms with Crippen molar-refractivity contribution < 1.29 is 27.8 Å². The third-order valence-electron chi connectivity index (χ3n) is 5.60. The van der Waals surface area contributed by atoms with Gasteiger partial charge in [-0.1, -0.05) is 18.2 Å². The first-order chi connectivity index (χ1) is 15.8. The summed E-state index contributed by atoms with van der Waals surface area (Å²) in [5.74, 6) is 0.484. The van der Waals surface area contributed by atoms with Crippen molar-refractivity contribution in [3.63, 3.8) is 0 Å². The Bertz CT molecular complexity index is 1100. The number of rotatable bonds is 10. The fourth-order valence-corrected chi connectivity index (χ4v) is 4.57. The fraction of sp³-hybridized carbons (Fsp3) is 0.360. The minimum absolute atomic E-state index is 0.106. The molecule has 1 aromatic heterocycles. The minimum atomic E-state index is -4.35. The van der Waals surface area contributed by atoms with E-state index in [1.807, 2.05) is 17.5 Å². The summed E-state index contributed by atoms with van der Waals surface area (Å²) in [5.41, 5.74) is 2.95. The molecule has 0 saturated heterocycles. The molecule has 0 unspecified atom stereocenters. The first-order valence-corrected chi connectivity index (χ1v) is 11.8. The van der Waals surface area contributed by atoms with Gasteiger partial charge in [-0.2, -0.15) is 13.2 Å². The highest BCUT2D eigenvalue weighted by atomic mass is 32.1. The van der Waals surface area contributed by atoms with E-state index in [-0.39, 0.29) is 6.42 Å². The predicted octanol–water partition coefficient (Wildman–Crippen LogP) is 6.74. The third kappa shape index (κ3) is 6.35. The second kappa shape index (κ2) is 9.95. The van der Waals surface area contributed by atoms with Crippen LogP contribution < -0.4 is 4.74 Å². The molecular formula is C25H24F3NO3S. The van der Waals surface area contributed by atoms with Crippen LogP contribution in [0.5, 0.6) is 5.75 Å². The normalized spacial score (nSPS) is 13.8. The van der Waals surface area contributed by atoms with Gasteiger partial charge in [0.05, 0.1) is 22.9 Å². The zero-order valence-corrected chi connectivity index (χ0v) is 18.7. The largest absolute Gasteiger partial charge is 0.494 e. The van der Waals surface area contributed by atoms with E-state index < -0.39 is 17.7 Å². The molecule has 1 aliphatic carbocycles. The van der Waals surface area contributed by atoms with Gasteiger partial charge in [0.2, 0.25) is 0 Å². The van der Waals surface area contributed by atoms with Gasteiger partial charge in [0.25, 0.3) is 0 Å². The summed E-state index contributed by atoms with van der Waals surface area (Å²) in [4.78, 5) is 15.5. The number of ether oxygens (including phenoxy) is 1. The molecule has 4 nitrogen and oxygen atoms in total. The maximum absolute atomic E-state index is 12.7. The van der Waals surface area contributed by atoms with Crippen LogP contribution in [0.25, 0.3) is 11.3 Å². The fourth-order valence-electron chi connectivity index (χ4n) is 3.72. The van der Waals surface area contributed by atoms with Crippen LogP contribution in [-0.2, 0) is 23.8 Å². The Labute approximate surface area is 194 Å². The van der Waals surface area contributed by atoms with E-state index in [0.717, 1.165) is 47.7 Å². The summed E-state index contributed by atoms with van der Waals surface area (Å²) in [6.45, 7) is 0.496. The number of nitrogens with zero attached hydrogens (tertiary/aromatic N) is 1. The number of hydrogen-bond donors (Lipinski definition) is 1. The summed E-state index contributed by atoms with van der Waals surface area (Å²) in [7, 11) is 0. The Balaban J connectivity index is 1.29. The number of thiazole rings is 1. The SMILES string of the molecule is O=C(O)CCc1cc(OCCCc2nc(-c3ccc(C(F)(F)F)cc3)cs2)ccc1C1CC1. The van der Waals surface area contributed by atoms with Gasteiger partial charge in [-0.25, -0.2) is 4.98 Å². The van der Waals surface area contributed by atoms with Crippen LogP contribution in [0.15, 0.2) is 47.8 Å². The minimum Gasteiger partial charge on any atom is -0.494 e. The van der Waals surface area contributed by atoms with E-state index in [0.29, 0.717) is 36.6 Å². The Kier molecular flexibility index (Phi) is 7.02. The van der Waals surface area contributed by atoms with E-state index in [1.54, 1.807) is 0 Å². The molecule has 1 saturated carbocycles. The van der Waals surface area contributed by atoms with E-state index in [4.69, 9.17) is 9.84 Å². The number of carboxylic acids is 1. The quantitative estimate of drug-likeness (QED) is 0.330. The molecule has 0 aliphatic heterocycles. The van der Waals surface area contributed by atoms with Crippen LogP contribution in [0, 0.1) is 0 Å². The molecule has 0 atom stereocenters. The zero-order chi connectivity index (χ0) is 23.4. The summed E-state index contributed by atoms with van der Waals surface area (Å²) >= 11 is 1.48. The summed E-state index contributed by atoms with van der Waals surface area (Å²) in [5, 5.41) is 11.8. The standard InChI is InChI=1S/C25H24F3NO3S/c26-25(27,28)19-8-5-17(6-9-19)22-15-33-23(29-22)2-1-13-32-20-10-11-21(16-3-4-16)18(14-20)7-12-24(30)31/h5-6,8-11,14-16H,1-4,7,12-13H2,(H,30,31). The number of aliphatic carboxylic acids is 1. The first kappa shape index (κ1) is 23.3. The van der Waals surface area contributed by atoms with Crippen LogP contribution in [0.3, 0.4) is 0 Å². The number of halogens is 3. The lowest BCUT2D eigenvalue weighted by Crippen LogP contribution is -2.04. The number of aromatic nitrogens is 1. The average molecular weight is 476 g/mol. The van der Waals surface area contributed by atoms with Crippen molar-refractivity contribution in [2.24, 2.45) is 0 Å². The highest BCUT2D eigenvalue weighted by Gasteiger charge is 2.30. The molecule has 0 radical (unpaired) electrons. The monoisotopic (exact) mass is 475 g/mol. The Morgan fingerprint density at radius 3 is 2.55 bits per heavy atom. The van der Waals surface area contributed by atoms with Gasteiger partial charge < -0.3 is 9.84 Å². The summed E-state index contributed by atoms with van der Waals surface area (Å²) in [6.07, 6.45) is 0.0247. The molecule has 1 N–H and O–H groups in total. The van der Waals surface area contributed by atoms with E-state index in [2.05, 4.69) is 11.1 Å². The maximum atomic E-state index is 12.7. The molecule has 0 spiro atoms. The molecule has 1 heterocycles. The van der Waals surface area contributed by atoms with Crippen molar-refractivity contribution in [1.29, 1.82) is 0 Å². The van der Waals surface area contributed by atoms with Crippen molar-refractivity contribution in [2.75, 3.05) is 6.61 Å². The number of carboxylic acid groups (broad SMARTS) is 1. The van der Waals surface area contributed by atoms with Crippen LogP contribution in [0.4, 0.5) is 13.2 Å². The van der Waals surface area contributed by atoms with Crippen LogP contribution in [0.1, 0.15) is 53.3 Å². The van der Waals surface area contributed by atoms with Gasteiger partial charge in [-0.15, -0.1) is 11.3 Å². The smallest absolute Gasteiger partial charge is 0.416 e. The number of hydrogen-bond acceptors (Lipinski definition) is 4. The number of aryl methyl sites for hydroxylation is 2. The zero-order valence-electron chi connectivity index (χ0n) is 17.9. The van der Waals surface area contributed by atoms with Gasteiger partial charge in [-0.3, -0.25) is 4.79 Å². The molecule has 1 aliphatic rings. The summed E-state index contributed by atoms with van der Waals surface area (Å²) < 4.78 is 44.1. The first-order valence-electron chi connectivity index (χ1n) is 10.9. The molecule has 3 aromatic rings. The highest BCUT2D eigenvalue weighted by molar-refractivity contribution is 7.09. The molecule has 2 aromatic carbocycles. The lowest BCUT2D eigenvalue weighted by atomic mass is 9.99. The molecule has 0 amide bonds. The second-order valence-electron chi connectivity index (χ2n) is 8.18. The average Bonchev–Trinajstić information content (AvgIpc) is 3.52. The molecule has 174 valence electrons.